The van der Waals surface area contributed by atoms with E-state index in [4.69, 9.17) is 32.7 Å². The van der Waals surface area contributed by atoms with E-state index in [9.17, 15) is 19.8 Å². The zero-order valence-electron chi connectivity index (χ0n) is 34.2. The van der Waals surface area contributed by atoms with Crippen LogP contribution in [-0.4, -0.2) is 36.4 Å². The molecule has 5 unspecified atom stereocenters. The number of ether oxygens (including phenoxy) is 2. The first-order valence-corrected chi connectivity index (χ1v) is 21.8. The van der Waals surface area contributed by atoms with Crippen molar-refractivity contribution in [2.24, 2.45) is 58.2 Å². The summed E-state index contributed by atoms with van der Waals surface area (Å²) in [6.45, 7) is 12.6. The van der Waals surface area contributed by atoms with E-state index in [-0.39, 0.29) is 32.7 Å². The minimum atomic E-state index is -1.17. The van der Waals surface area contributed by atoms with Crippen molar-refractivity contribution in [2.45, 2.75) is 125 Å². The Bertz CT molecular complexity index is 1690. The topological polar surface area (TPSA) is 93.1 Å². The number of hydrogen-bond donors (Lipinski definition) is 2. The lowest BCUT2D eigenvalue weighted by atomic mass is 9.44. The van der Waals surface area contributed by atoms with Crippen LogP contribution in [0.15, 0.2) is 30.3 Å². The highest BCUT2D eigenvalue weighted by atomic mass is 35.5. The van der Waals surface area contributed by atoms with E-state index in [0.717, 1.165) is 54.3 Å². The van der Waals surface area contributed by atoms with Gasteiger partial charge in [-0.15, -0.1) is 0 Å². The maximum absolute atomic E-state index is 12.3. The SMILES string of the molecule is COc1c(Cl)cc(C(=CCC[C@H]2CC[C@@]3(C)C(CC[C@@H]4C3CC[C@]3(C)C(C(C)CCCC(C)C)CCC43)C2)c2cc(Cl)c(OC)c(C(=O)O)c2)cc1C(=O)O. The average molecular weight is 796 g/mol. The maximum atomic E-state index is 12.3. The van der Waals surface area contributed by atoms with Crippen molar-refractivity contribution in [1.29, 1.82) is 0 Å². The molecule has 6 rings (SSSR count). The molecule has 0 bridgehead atoms. The molecular formula is C47H64Cl2O6. The Morgan fingerprint density at radius 2 is 1.38 bits per heavy atom. The summed E-state index contributed by atoms with van der Waals surface area (Å²) in [6, 6.07) is 6.43. The summed E-state index contributed by atoms with van der Waals surface area (Å²) in [5, 5.41) is 20.4. The summed E-state index contributed by atoms with van der Waals surface area (Å²) >= 11 is 13.2. The predicted molar refractivity (Wildman–Crippen MR) is 223 cm³/mol. The van der Waals surface area contributed by atoms with Gasteiger partial charge < -0.3 is 19.7 Å². The molecule has 0 radical (unpaired) electrons. The van der Waals surface area contributed by atoms with Crippen LogP contribution in [0.3, 0.4) is 0 Å². The Balaban J connectivity index is 1.19. The molecule has 0 aliphatic heterocycles. The summed E-state index contributed by atoms with van der Waals surface area (Å²) in [5.41, 5.74) is 2.59. The summed E-state index contributed by atoms with van der Waals surface area (Å²) in [5.74, 6) is 4.34. The van der Waals surface area contributed by atoms with Crippen LogP contribution in [0.5, 0.6) is 11.5 Å². The minimum Gasteiger partial charge on any atom is -0.494 e. The third kappa shape index (κ3) is 8.20. The highest BCUT2D eigenvalue weighted by molar-refractivity contribution is 6.33. The maximum Gasteiger partial charge on any atom is 0.339 e. The van der Waals surface area contributed by atoms with Crippen LogP contribution in [0.2, 0.25) is 10.0 Å². The van der Waals surface area contributed by atoms with Gasteiger partial charge in [0.25, 0.3) is 0 Å². The monoisotopic (exact) mass is 794 g/mol. The van der Waals surface area contributed by atoms with Crippen molar-refractivity contribution in [2.75, 3.05) is 14.2 Å². The summed E-state index contributed by atoms with van der Waals surface area (Å²) in [4.78, 5) is 24.5. The molecule has 4 saturated carbocycles. The van der Waals surface area contributed by atoms with Crippen molar-refractivity contribution in [1.82, 2.24) is 0 Å². The van der Waals surface area contributed by atoms with Crippen molar-refractivity contribution in [3.8, 4) is 11.5 Å². The zero-order chi connectivity index (χ0) is 39.8. The molecule has 0 spiro atoms. The molecule has 6 nitrogen and oxygen atoms in total. The van der Waals surface area contributed by atoms with Gasteiger partial charge in [-0.25, -0.2) is 9.59 Å². The molecule has 302 valence electrons. The van der Waals surface area contributed by atoms with Gasteiger partial charge in [-0.05, 0) is 170 Å². The number of fused-ring (bicyclic) bond motifs is 5. The largest absolute Gasteiger partial charge is 0.494 e. The number of carboxylic acids is 2. The third-order valence-corrected chi connectivity index (χ3v) is 16.0. The second-order valence-corrected chi connectivity index (χ2v) is 19.5. The summed E-state index contributed by atoms with van der Waals surface area (Å²) < 4.78 is 10.7. The predicted octanol–water partition coefficient (Wildman–Crippen LogP) is 13.4. The molecule has 2 aromatic rings. The molecule has 55 heavy (non-hydrogen) atoms. The number of methoxy groups -OCH3 is 2. The van der Waals surface area contributed by atoms with Crippen LogP contribution >= 0.6 is 23.2 Å². The zero-order valence-corrected chi connectivity index (χ0v) is 35.7. The Labute approximate surface area is 339 Å². The lowest BCUT2D eigenvalue weighted by Gasteiger charge is -2.61. The number of allylic oxidation sites excluding steroid dienone is 1. The average Bonchev–Trinajstić information content (AvgIpc) is 3.49. The number of hydrogen-bond acceptors (Lipinski definition) is 4. The molecular weight excluding hydrogens is 731 g/mol. The lowest BCUT2D eigenvalue weighted by Crippen LogP contribution is -2.53. The quantitative estimate of drug-likeness (QED) is 0.198. The molecule has 0 amide bonds. The Morgan fingerprint density at radius 1 is 0.800 bits per heavy atom. The van der Waals surface area contributed by atoms with E-state index in [2.05, 4.69) is 40.7 Å². The Morgan fingerprint density at radius 3 is 1.95 bits per heavy atom. The fourth-order valence-corrected chi connectivity index (χ4v) is 13.3. The van der Waals surface area contributed by atoms with Gasteiger partial charge >= 0.3 is 11.9 Å². The summed E-state index contributed by atoms with van der Waals surface area (Å²) in [7, 11) is 2.78. The van der Waals surface area contributed by atoms with Gasteiger partial charge in [-0.1, -0.05) is 83.2 Å². The van der Waals surface area contributed by atoms with Crippen LogP contribution in [-0.2, 0) is 0 Å². The van der Waals surface area contributed by atoms with Crippen LogP contribution in [0.25, 0.3) is 5.57 Å². The van der Waals surface area contributed by atoms with Crippen LogP contribution < -0.4 is 9.47 Å². The van der Waals surface area contributed by atoms with Gasteiger partial charge in [0.1, 0.15) is 11.1 Å². The standard InChI is InChI=1S/C47H64Cl2O6/c1-27(2)10-8-11-28(3)37-16-17-38-34-15-14-32-22-29(18-20-46(32,4)39(34)19-21-47(37,38)5)12-9-13-33(30-23-35(44(50)51)42(54-6)40(48)25-30)31-24-36(45(52)53)43(55-7)41(49)26-31/h13,23-29,32,34,37-39H,8-12,14-22H2,1-7H3,(H,50,51)(H,52,53)/t28?,29-,32?,34-,37?,38?,39?,46-,47+/m0/s1. The van der Waals surface area contributed by atoms with E-state index < -0.39 is 11.9 Å². The van der Waals surface area contributed by atoms with Crippen molar-refractivity contribution < 1.29 is 29.3 Å². The number of rotatable bonds is 14. The lowest BCUT2D eigenvalue weighted by molar-refractivity contribution is -0.121. The van der Waals surface area contributed by atoms with Gasteiger partial charge in [0, 0.05) is 0 Å². The highest BCUT2D eigenvalue weighted by Gasteiger charge is 2.60. The molecule has 4 aliphatic carbocycles. The normalized spacial score (nSPS) is 30.5. The van der Waals surface area contributed by atoms with E-state index in [1.807, 2.05) is 0 Å². The van der Waals surface area contributed by atoms with E-state index in [0.29, 0.717) is 33.4 Å². The fraction of sp³-hybridized carbons (Fsp3) is 0.660. The number of carboxylic acid groups (broad SMARTS) is 2. The molecule has 8 heteroatoms. The molecule has 4 aliphatic rings. The first-order valence-electron chi connectivity index (χ1n) is 21.0. The molecule has 0 heterocycles. The highest BCUT2D eigenvalue weighted by Crippen LogP contribution is 2.69. The Hall–Kier alpha value is -2.70. The molecule has 0 aromatic heterocycles. The first kappa shape index (κ1) is 41.9. The fourth-order valence-electron chi connectivity index (χ4n) is 12.7. The first-order chi connectivity index (χ1) is 26.1. The molecule has 4 fully saturated rings. The van der Waals surface area contributed by atoms with Gasteiger partial charge in [0.2, 0.25) is 0 Å². The van der Waals surface area contributed by atoms with Gasteiger partial charge in [0.15, 0.2) is 11.5 Å². The Kier molecular flexibility index (Phi) is 13.0. The number of halogens is 2. The van der Waals surface area contributed by atoms with Crippen molar-refractivity contribution in [3.05, 3.63) is 62.6 Å². The van der Waals surface area contributed by atoms with Crippen LogP contribution in [0.4, 0.5) is 0 Å². The van der Waals surface area contributed by atoms with Crippen LogP contribution in [0, 0.1) is 58.2 Å². The number of aromatic carboxylic acids is 2. The van der Waals surface area contributed by atoms with Gasteiger partial charge in [0.05, 0.1) is 24.3 Å². The van der Waals surface area contributed by atoms with E-state index >= 15 is 0 Å². The second-order valence-electron chi connectivity index (χ2n) is 18.7. The smallest absolute Gasteiger partial charge is 0.339 e. The third-order valence-electron chi connectivity index (χ3n) is 15.5. The number of benzene rings is 2. The van der Waals surface area contributed by atoms with Crippen molar-refractivity contribution >= 4 is 40.7 Å². The van der Waals surface area contributed by atoms with Gasteiger partial charge in [-0.2, -0.15) is 0 Å². The second kappa shape index (κ2) is 17.0. The molecule has 2 aromatic carbocycles. The van der Waals surface area contributed by atoms with Crippen molar-refractivity contribution in [3.63, 3.8) is 0 Å². The van der Waals surface area contributed by atoms with Crippen LogP contribution in [0.1, 0.15) is 156 Å². The summed E-state index contributed by atoms with van der Waals surface area (Å²) in [6.07, 6.45) is 20.2. The molecule has 9 atom stereocenters. The van der Waals surface area contributed by atoms with E-state index in [1.54, 1.807) is 12.1 Å². The minimum absolute atomic E-state index is 0.0663. The number of carbonyl (C=O) groups is 2. The van der Waals surface area contributed by atoms with Gasteiger partial charge in [-0.3, -0.25) is 0 Å². The molecule has 0 saturated heterocycles. The molecule has 2 N–H and O–H groups in total. The van der Waals surface area contributed by atoms with E-state index in [1.165, 1.54) is 103 Å².